The Bertz CT molecular complexity index is 626. The van der Waals surface area contributed by atoms with E-state index in [1.165, 1.54) is 17.6 Å². The maximum absolute atomic E-state index is 12.4. The lowest BCUT2D eigenvalue weighted by molar-refractivity contribution is -0.117. The van der Waals surface area contributed by atoms with Crippen LogP contribution in [0.25, 0.3) is 0 Å². The van der Waals surface area contributed by atoms with Gasteiger partial charge in [0, 0.05) is 25.2 Å². The molecule has 5 heteroatoms. The molecule has 1 unspecified atom stereocenters. The fourth-order valence-corrected chi connectivity index (χ4v) is 4.01. The Hall–Kier alpha value is -1.78. The van der Waals surface area contributed by atoms with Crippen LogP contribution < -0.4 is 5.32 Å². The van der Waals surface area contributed by atoms with Crippen molar-refractivity contribution in [3.8, 4) is 0 Å². The fourth-order valence-electron chi connectivity index (χ4n) is 4.01. The summed E-state index contributed by atoms with van der Waals surface area (Å²) in [5.41, 5.74) is 2.28. The number of piperidine rings is 1. The minimum absolute atomic E-state index is 0.0298. The average molecular weight is 377 g/mol. The lowest BCUT2D eigenvalue weighted by Gasteiger charge is -2.34. The molecular formula is C22H36N2O3. The first-order valence-electron chi connectivity index (χ1n) is 10.1. The molecule has 27 heavy (non-hydrogen) atoms. The summed E-state index contributed by atoms with van der Waals surface area (Å²) >= 11 is 0. The molecule has 1 atom stereocenters. The summed E-state index contributed by atoms with van der Waals surface area (Å²) in [5.74, 6) is -0.0901. The minimum atomic E-state index is -0.506. The van der Waals surface area contributed by atoms with Gasteiger partial charge in [0.1, 0.15) is 5.60 Å². The quantitative estimate of drug-likeness (QED) is 0.733. The third kappa shape index (κ3) is 6.40. The van der Waals surface area contributed by atoms with Gasteiger partial charge in [-0.15, -0.1) is 0 Å². The molecule has 1 heterocycles. The number of ether oxygens (including phenoxy) is 1. The van der Waals surface area contributed by atoms with E-state index in [0.29, 0.717) is 13.1 Å². The Balaban J connectivity index is 1.92. The Morgan fingerprint density at radius 3 is 2.59 bits per heavy atom. The van der Waals surface area contributed by atoms with Crippen molar-refractivity contribution in [1.82, 2.24) is 10.2 Å². The molecule has 5 nitrogen and oxygen atoms in total. The van der Waals surface area contributed by atoms with Crippen LogP contribution in [0.15, 0.2) is 23.3 Å². The summed E-state index contributed by atoms with van der Waals surface area (Å²) in [7, 11) is 0. The number of nitrogens with one attached hydrogen (secondary N) is 1. The number of hydrogen-bond donors (Lipinski definition) is 1. The summed E-state index contributed by atoms with van der Waals surface area (Å²) in [6, 6.07) is -0.0298. The molecule has 2 aliphatic rings. The summed E-state index contributed by atoms with van der Waals surface area (Å²) in [6.45, 7) is 13.4. The van der Waals surface area contributed by atoms with Gasteiger partial charge in [0.25, 0.3) is 0 Å². The summed E-state index contributed by atoms with van der Waals surface area (Å²) < 4.78 is 5.45. The highest BCUT2D eigenvalue weighted by atomic mass is 16.6. The van der Waals surface area contributed by atoms with Crippen molar-refractivity contribution in [3.05, 3.63) is 23.3 Å². The zero-order valence-electron chi connectivity index (χ0n) is 17.9. The minimum Gasteiger partial charge on any atom is -0.444 e. The van der Waals surface area contributed by atoms with Crippen LogP contribution in [0.2, 0.25) is 0 Å². The third-order valence-corrected chi connectivity index (χ3v) is 5.36. The number of nitrogens with zero attached hydrogens (tertiary/aromatic N) is 1. The van der Waals surface area contributed by atoms with Gasteiger partial charge >= 0.3 is 6.09 Å². The number of carbonyl (C=O) groups is 2. The zero-order valence-corrected chi connectivity index (χ0v) is 17.9. The predicted octanol–water partition coefficient (Wildman–Crippen LogP) is 4.58. The SMILES string of the molecule is CC1=C(/C=C/C(=O)NC2CCCN(C(=O)OC(C)(C)C)C2)C(C)(C)CCC1. The molecule has 1 N–H and O–H groups in total. The molecule has 0 radical (unpaired) electrons. The van der Waals surface area contributed by atoms with Crippen molar-refractivity contribution in [2.75, 3.05) is 13.1 Å². The zero-order chi connectivity index (χ0) is 20.2. The molecule has 0 aromatic heterocycles. The van der Waals surface area contributed by atoms with E-state index in [9.17, 15) is 9.59 Å². The van der Waals surface area contributed by atoms with Gasteiger partial charge in [-0.05, 0) is 70.8 Å². The van der Waals surface area contributed by atoms with Gasteiger partial charge in [0.15, 0.2) is 0 Å². The van der Waals surface area contributed by atoms with Crippen molar-refractivity contribution in [1.29, 1.82) is 0 Å². The molecule has 1 aliphatic heterocycles. The van der Waals surface area contributed by atoms with Crippen LogP contribution in [0.3, 0.4) is 0 Å². The third-order valence-electron chi connectivity index (χ3n) is 5.36. The molecule has 0 saturated carbocycles. The van der Waals surface area contributed by atoms with Crippen molar-refractivity contribution in [2.45, 2.75) is 85.3 Å². The standard InChI is InChI=1S/C22H36N2O3/c1-16-9-7-13-22(5,6)18(16)11-12-19(25)23-17-10-8-14-24(15-17)20(26)27-21(2,3)4/h11-12,17H,7-10,13-15H2,1-6H3,(H,23,25)/b12-11+. The Kier molecular flexibility index (Phi) is 6.77. The molecule has 2 rings (SSSR count). The van der Waals surface area contributed by atoms with Crippen LogP contribution in [0, 0.1) is 5.41 Å². The number of hydrogen-bond acceptors (Lipinski definition) is 3. The lowest BCUT2D eigenvalue weighted by Crippen LogP contribution is -2.50. The van der Waals surface area contributed by atoms with E-state index in [0.717, 1.165) is 25.7 Å². The van der Waals surface area contributed by atoms with Crippen LogP contribution in [0.4, 0.5) is 4.79 Å². The number of allylic oxidation sites excluding steroid dienone is 3. The van der Waals surface area contributed by atoms with Crippen molar-refractivity contribution in [2.24, 2.45) is 5.41 Å². The van der Waals surface area contributed by atoms with Gasteiger partial charge in [0.2, 0.25) is 5.91 Å². The predicted molar refractivity (Wildman–Crippen MR) is 108 cm³/mol. The summed E-state index contributed by atoms with van der Waals surface area (Å²) in [5, 5.41) is 3.05. The number of rotatable bonds is 3. The Labute approximate surface area is 164 Å². The van der Waals surface area contributed by atoms with E-state index in [1.807, 2.05) is 26.8 Å². The van der Waals surface area contributed by atoms with Gasteiger partial charge in [-0.2, -0.15) is 0 Å². The summed E-state index contributed by atoms with van der Waals surface area (Å²) in [6.07, 6.45) is 8.55. The van der Waals surface area contributed by atoms with Gasteiger partial charge < -0.3 is 15.0 Å². The second-order valence-electron chi connectivity index (χ2n) is 9.54. The van der Waals surface area contributed by atoms with E-state index < -0.39 is 5.60 Å². The monoisotopic (exact) mass is 376 g/mol. The van der Waals surface area contributed by atoms with Gasteiger partial charge in [0.05, 0.1) is 0 Å². The number of likely N-dealkylation sites (tertiary alicyclic amines) is 1. The molecule has 0 aromatic carbocycles. The molecule has 1 saturated heterocycles. The molecule has 1 aliphatic carbocycles. The second kappa shape index (κ2) is 8.49. The second-order valence-corrected chi connectivity index (χ2v) is 9.54. The average Bonchev–Trinajstić information content (AvgIpc) is 2.52. The topological polar surface area (TPSA) is 58.6 Å². The Morgan fingerprint density at radius 1 is 1.26 bits per heavy atom. The lowest BCUT2D eigenvalue weighted by atomic mass is 9.72. The van der Waals surface area contributed by atoms with Crippen LogP contribution in [-0.2, 0) is 9.53 Å². The maximum atomic E-state index is 12.4. The van der Waals surface area contributed by atoms with E-state index in [1.54, 1.807) is 11.0 Å². The van der Waals surface area contributed by atoms with Crippen molar-refractivity contribution >= 4 is 12.0 Å². The fraction of sp³-hybridized carbons (Fsp3) is 0.727. The highest BCUT2D eigenvalue weighted by molar-refractivity contribution is 5.88. The van der Waals surface area contributed by atoms with Gasteiger partial charge in [-0.1, -0.05) is 25.5 Å². The largest absolute Gasteiger partial charge is 0.444 e. The summed E-state index contributed by atoms with van der Waals surface area (Å²) in [4.78, 5) is 26.4. The van der Waals surface area contributed by atoms with Crippen LogP contribution >= 0.6 is 0 Å². The highest BCUT2D eigenvalue weighted by Gasteiger charge is 2.29. The smallest absolute Gasteiger partial charge is 0.410 e. The molecule has 0 bridgehead atoms. The van der Waals surface area contributed by atoms with Crippen LogP contribution in [0.5, 0.6) is 0 Å². The van der Waals surface area contributed by atoms with E-state index in [4.69, 9.17) is 4.74 Å². The first kappa shape index (κ1) is 21.5. The van der Waals surface area contributed by atoms with Gasteiger partial charge in [-0.3, -0.25) is 4.79 Å². The molecule has 152 valence electrons. The number of carbonyl (C=O) groups excluding carboxylic acids is 2. The highest BCUT2D eigenvalue weighted by Crippen LogP contribution is 2.40. The van der Waals surface area contributed by atoms with Crippen LogP contribution in [0.1, 0.15) is 73.6 Å². The number of amides is 2. The normalized spacial score (nSPS) is 23.5. The van der Waals surface area contributed by atoms with Crippen molar-refractivity contribution in [3.63, 3.8) is 0 Å². The van der Waals surface area contributed by atoms with Crippen LogP contribution in [-0.4, -0.2) is 41.6 Å². The first-order valence-corrected chi connectivity index (χ1v) is 10.1. The van der Waals surface area contributed by atoms with E-state index >= 15 is 0 Å². The molecule has 0 aromatic rings. The maximum Gasteiger partial charge on any atom is 0.410 e. The molecule has 1 fully saturated rings. The molecule has 2 amide bonds. The molecule has 0 spiro atoms. The van der Waals surface area contributed by atoms with E-state index in [-0.39, 0.29) is 23.5 Å². The Morgan fingerprint density at radius 2 is 1.96 bits per heavy atom. The van der Waals surface area contributed by atoms with Crippen molar-refractivity contribution < 1.29 is 14.3 Å². The van der Waals surface area contributed by atoms with E-state index in [2.05, 4.69) is 26.1 Å². The molecular weight excluding hydrogens is 340 g/mol. The van der Waals surface area contributed by atoms with Gasteiger partial charge in [-0.25, -0.2) is 4.79 Å². The first-order chi connectivity index (χ1) is 12.5.